The summed E-state index contributed by atoms with van der Waals surface area (Å²) < 4.78 is 6.26. The Hall–Kier alpha value is -2.07. The molecule has 1 aromatic heterocycles. The Balaban J connectivity index is 1.34. The van der Waals surface area contributed by atoms with Crippen LogP contribution in [0.5, 0.6) is 5.75 Å². The first-order valence-electron chi connectivity index (χ1n) is 10.1. The van der Waals surface area contributed by atoms with Gasteiger partial charge in [0.15, 0.2) is 0 Å². The molecule has 0 spiro atoms. The number of aromatic nitrogens is 1. The molecule has 0 aliphatic carbocycles. The molecular formula is C23H31N3O. The standard InChI is InChI=1S/C23H31N3O/c1-18-14-21(6-10-24-18)26-12-8-23(2,9-13-26)17-27-22-5-4-19-7-11-25(3)16-20(19)15-22/h4-6,10,14-15H,7-9,11-13,16-17H2,1-3H3. The summed E-state index contributed by atoms with van der Waals surface area (Å²) in [5.41, 5.74) is 5.53. The molecule has 0 amide bonds. The van der Waals surface area contributed by atoms with Crippen molar-refractivity contribution in [1.29, 1.82) is 0 Å². The zero-order valence-electron chi connectivity index (χ0n) is 16.9. The van der Waals surface area contributed by atoms with E-state index in [0.29, 0.717) is 0 Å². The second-order valence-corrected chi connectivity index (χ2v) is 8.66. The lowest BCUT2D eigenvalue weighted by atomic mass is 9.81. The van der Waals surface area contributed by atoms with Crippen molar-refractivity contribution in [1.82, 2.24) is 9.88 Å². The van der Waals surface area contributed by atoms with Gasteiger partial charge in [-0.2, -0.15) is 0 Å². The average molecular weight is 366 g/mol. The van der Waals surface area contributed by atoms with E-state index in [9.17, 15) is 0 Å². The summed E-state index contributed by atoms with van der Waals surface area (Å²) >= 11 is 0. The van der Waals surface area contributed by atoms with Gasteiger partial charge in [0.2, 0.25) is 0 Å². The maximum Gasteiger partial charge on any atom is 0.119 e. The van der Waals surface area contributed by atoms with E-state index < -0.39 is 0 Å². The van der Waals surface area contributed by atoms with Crippen molar-refractivity contribution in [2.75, 3.05) is 38.2 Å². The molecule has 0 atom stereocenters. The molecular weight excluding hydrogens is 334 g/mol. The number of anilines is 1. The normalized spacial score (nSPS) is 19.6. The quantitative estimate of drug-likeness (QED) is 0.817. The number of pyridine rings is 1. The van der Waals surface area contributed by atoms with Crippen LogP contribution in [-0.4, -0.2) is 43.2 Å². The number of piperidine rings is 1. The largest absolute Gasteiger partial charge is 0.493 e. The van der Waals surface area contributed by atoms with Gasteiger partial charge in [-0.15, -0.1) is 0 Å². The Bertz CT molecular complexity index is 796. The van der Waals surface area contributed by atoms with E-state index >= 15 is 0 Å². The summed E-state index contributed by atoms with van der Waals surface area (Å²) in [6, 6.07) is 11.0. The van der Waals surface area contributed by atoms with E-state index in [1.807, 2.05) is 6.20 Å². The zero-order chi connectivity index (χ0) is 18.9. The van der Waals surface area contributed by atoms with Gasteiger partial charge >= 0.3 is 0 Å². The topological polar surface area (TPSA) is 28.6 Å². The van der Waals surface area contributed by atoms with Crippen LogP contribution in [-0.2, 0) is 13.0 Å². The fourth-order valence-corrected chi connectivity index (χ4v) is 4.20. The van der Waals surface area contributed by atoms with Crippen LogP contribution in [0.4, 0.5) is 5.69 Å². The Kier molecular flexibility index (Phi) is 5.09. The molecule has 0 saturated carbocycles. The number of nitrogens with zero attached hydrogens (tertiary/aromatic N) is 3. The molecule has 3 heterocycles. The minimum atomic E-state index is 0.241. The minimum Gasteiger partial charge on any atom is -0.493 e. The fraction of sp³-hybridized carbons (Fsp3) is 0.522. The van der Waals surface area contributed by atoms with Gasteiger partial charge in [0.05, 0.1) is 6.61 Å². The van der Waals surface area contributed by atoms with Crippen molar-refractivity contribution in [3.63, 3.8) is 0 Å². The predicted molar refractivity (Wildman–Crippen MR) is 111 cm³/mol. The van der Waals surface area contributed by atoms with Gasteiger partial charge in [0, 0.05) is 49.2 Å². The molecule has 2 aliphatic rings. The van der Waals surface area contributed by atoms with E-state index in [-0.39, 0.29) is 5.41 Å². The van der Waals surface area contributed by atoms with Gasteiger partial charge in [-0.3, -0.25) is 4.98 Å². The molecule has 0 unspecified atom stereocenters. The molecule has 4 heteroatoms. The number of likely N-dealkylation sites (N-methyl/N-ethyl adjacent to an activating group) is 1. The molecule has 1 aromatic carbocycles. The summed E-state index contributed by atoms with van der Waals surface area (Å²) in [6.07, 6.45) is 5.37. The first-order valence-corrected chi connectivity index (χ1v) is 10.1. The van der Waals surface area contributed by atoms with Crippen LogP contribution in [0.3, 0.4) is 0 Å². The average Bonchev–Trinajstić information content (AvgIpc) is 2.67. The lowest BCUT2D eigenvalue weighted by molar-refractivity contribution is 0.131. The molecule has 27 heavy (non-hydrogen) atoms. The first kappa shape index (κ1) is 18.3. The highest BCUT2D eigenvalue weighted by atomic mass is 16.5. The van der Waals surface area contributed by atoms with E-state index in [0.717, 1.165) is 63.5 Å². The maximum absolute atomic E-state index is 6.26. The van der Waals surface area contributed by atoms with Gasteiger partial charge in [-0.05, 0) is 68.6 Å². The van der Waals surface area contributed by atoms with Crippen molar-refractivity contribution in [3.8, 4) is 5.75 Å². The predicted octanol–water partition coefficient (Wildman–Crippen LogP) is 4.06. The third-order valence-electron chi connectivity index (χ3n) is 6.18. The van der Waals surface area contributed by atoms with Crippen LogP contribution in [0, 0.1) is 12.3 Å². The van der Waals surface area contributed by atoms with Gasteiger partial charge in [0.1, 0.15) is 5.75 Å². The molecule has 0 bridgehead atoms. The van der Waals surface area contributed by atoms with Crippen LogP contribution < -0.4 is 9.64 Å². The lowest BCUT2D eigenvalue weighted by Gasteiger charge is -2.40. The second-order valence-electron chi connectivity index (χ2n) is 8.66. The van der Waals surface area contributed by atoms with Crippen molar-refractivity contribution in [2.24, 2.45) is 5.41 Å². The number of rotatable bonds is 4. The molecule has 4 nitrogen and oxygen atoms in total. The number of hydrogen-bond acceptors (Lipinski definition) is 4. The first-order chi connectivity index (χ1) is 13.0. The van der Waals surface area contributed by atoms with Crippen molar-refractivity contribution >= 4 is 5.69 Å². The highest BCUT2D eigenvalue weighted by Crippen LogP contribution is 2.34. The SMILES string of the molecule is Cc1cc(N2CCC(C)(COc3ccc4c(c3)CN(C)CC4)CC2)ccn1. The highest BCUT2D eigenvalue weighted by molar-refractivity contribution is 5.46. The number of aryl methyl sites for hydroxylation is 1. The molecule has 0 radical (unpaired) electrons. The monoisotopic (exact) mass is 365 g/mol. The van der Waals surface area contributed by atoms with E-state index in [1.54, 1.807) is 0 Å². The van der Waals surface area contributed by atoms with Gasteiger partial charge < -0.3 is 14.5 Å². The molecule has 2 aromatic rings. The highest BCUT2D eigenvalue weighted by Gasteiger charge is 2.31. The summed E-state index contributed by atoms with van der Waals surface area (Å²) in [5, 5.41) is 0. The van der Waals surface area contributed by atoms with E-state index in [4.69, 9.17) is 4.74 Å². The van der Waals surface area contributed by atoms with Crippen molar-refractivity contribution < 1.29 is 4.74 Å². The van der Waals surface area contributed by atoms with Crippen LogP contribution in [0.25, 0.3) is 0 Å². The molecule has 1 fully saturated rings. The second kappa shape index (κ2) is 7.51. The summed E-state index contributed by atoms with van der Waals surface area (Å²) in [7, 11) is 2.19. The lowest BCUT2D eigenvalue weighted by Crippen LogP contribution is -2.41. The third kappa shape index (κ3) is 4.27. The summed E-state index contributed by atoms with van der Waals surface area (Å²) in [4.78, 5) is 9.17. The molecule has 144 valence electrons. The van der Waals surface area contributed by atoms with Crippen LogP contribution in [0.2, 0.25) is 0 Å². The fourth-order valence-electron chi connectivity index (χ4n) is 4.20. The molecule has 4 rings (SSSR count). The molecule has 0 N–H and O–H groups in total. The molecule has 1 saturated heterocycles. The summed E-state index contributed by atoms with van der Waals surface area (Å²) in [6.45, 7) is 9.57. The smallest absolute Gasteiger partial charge is 0.119 e. The van der Waals surface area contributed by atoms with Gasteiger partial charge in [0.25, 0.3) is 0 Å². The van der Waals surface area contributed by atoms with E-state index in [1.165, 1.54) is 16.8 Å². The zero-order valence-corrected chi connectivity index (χ0v) is 16.9. The Labute approximate surface area is 163 Å². The van der Waals surface area contributed by atoms with Crippen molar-refractivity contribution in [2.45, 2.75) is 39.7 Å². The van der Waals surface area contributed by atoms with Gasteiger partial charge in [-0.25, -0.2) is 0 Å². The summed E-state index contributed by atoms with van der Waals surface area (Å²) in [5.74, 6) is 1.03. The molecule has 2 aliphatic heterocycles. The van der Waals surface area contributed by atoms with E-state index in [2.05, 4.69) is 66.0 Å². The van der Waals surface area contributed by atoms with Crippen LogP contribution >= 0.6 is 0 Å². The van der Waals surface area contributed by atoms with Crippen LogP contribution in [0.1, 0.15) is 36.6 Å². The van der Waals surface area contributed by atoms with Crippen LogP contribution in [0.15, 0.2) is 36.5 Å². The minimum absolute atomic E-state index is 0.241. The maximum atomic E-state index is 6.26. The third-order valence-corrected chi connectivity index (χ3v) is 6.18. The Morgan fingerprint density at radius 3 is 2.67 bits per heavy atom. The number of benzene rings is 1. The Morgan fingerprint density at radius 1 is 1.07 bits per heavy atom. The number of hydrogen-bond donors (Lipinski definition) is 0. The van der Waals surface area contributed by atoms with Crippen molar-refractivity contribution in [3.05, 3.63) is 53.3 Å². The van der Waals surface area contributed by atoms with Gasteiger partial charge in [-0.1, -0.05) is 13.0 Å². The number of ether oxygens (including phenoxy) is 1. The number of fused-ring (bicyclic) bond motifs is 1. The Morgan fingerprint density at radius 2 is 1.89 bits per heavy atom.